The summed E-state index contributed by atoms with van der Waals surface area (Å²) in [6.45, 7) is 7.78. The molecule has 0 bridgehead atoms. The Morgan fingerprint density at radius 3 is 2.39 bits per heavy atom. The molecule has 0 saturated carbocycles. The number of amides is 1. The first-order valence-corrected chi connectivity index (χ1v) is 10.5. The maximum Gasteiger partial charge on any atom is 0.251 e. The number of aryl methyl sites for hydroxylation is 1. The fourth-order valence-electron chi connectivity index (χ4n) is 3.63. The Balaban J connectivity index is 1.60. The van der Waals surface area contributed by atoms with Gasteiger partial charge >= 0.3 is 0 Å². The first-order chi connectivity index (χ1) is 13.7. The summed E-state index contributed by atoms with van der Waals surface area (Å²) in [7, 11) is 0. The number of rotatable bonds is 9. The summed E-state index contributed by atoms with van der Waals surface area (Å²) >= 11 is 0. The van der Waals surface area contributed by atoms with Crippen LogP contribution in [-0.2, 0) is 0 Å². The summed E-state index contributed by atoms with van der Waals surface area (Å²) in [5.41, 5.74) is 3.20. The highest BCUT2D eigenvalue weighted by atomic mass is 16.5. The largest absolute Gasteiger partial charge is 0.494 e. The first kappa shape index (κ1) is 20.4. The van der Waals surface area contributed by atoms with Crippen molar-refractivity contribution in [3.05, 3.63) is 65.2 Å². The van der Waals surface area contributed by atoms with Gasteiger partial charge in [0.2, 0.25) is 0 Å². The number of hydrogen-bond acceptors (Lipinski definition) is 3. The van der Waals surface area contributed by atoms with Gasteiger partial charge in [0.15, 0.2) is 0 Å². The molecule has 1 fully saturated rings. The minimum atomic E-state index is -0.0311. The molecule has 1 aliphatic rings. The predicted octanol–water partition coefficient (Wildman–Crippen LogP) is 4.74. The maximum absolute atomic E-state index is 12.7. The molecule has 1 amide bonds. The molecule has 2 aromatic carbocycles. The van der Waals surface area contributed by atoms with Crippen LogP contribution in [0.15, 0.2) is 48.5 Å². The van der Waals surface area contributed by atoms with E-state index in [1.807, 2.05) is 24.3 Å². The Morgan fingerprint density at radius 1 is 1.07 bits per heavy atom. The molecule has 1 aliphatic heterocycles. The van der Waals surface area contributed by atoms with E-state index in [4.69, 9.17) is 4.74 Å². The van der Waals surface area contributed by atoms with Gasteiger partial charge in [-0.25, -0.2) is 0 Å². The predicted molar refractivity (Wildman–Crippen MR) is 114 cm³/mol. The molecule has 4 heteroatoms. The topological polar surface area (TPSA) is 41.6 Å². The molecule has 3 rings (SSSR count). The van der Waals surface area contributed by atoms with Gasteiger partial charge in [0, 0.05) is 12.1 Å². The van der Waals surface area contributed by atoms with Crippen molar-refractivity contribution in [3.8, 4) is 5.75 Å². The zero-order valence-corrected chi connectivity index (χ0v) is 17.1. The second-order valence-corrected chi connectivity index (χ2v) is 7.61. The van der Waals surface area contributed by atoms with Crippen molar-refractivity contribution in [2.75, 3.05) is 26.2 Å². The van der Waals surface area contributed by atoms with E-state index in [2.05, 4.69) is 48.3 Å². The van der Waals surface area contributed by atoms with Crippen molar-refractivity contribution in [3.63, 3.8) is 0 Å². The van der Waals surface area contributed by atoms with Crippen molar-refractivity contribution in [2.45, 2.75) is 45.6 Å². The second-order valence-electron chi connectivity index (χ2n) is 7.61. The number of nitrogens with one attached hydrogen (secondary N) is 1. The summed E-state index contributed by atoms with van der Waals surface area (Å²) < 4.78 is 5.68. The van der Waals surface area contributed by atoms with E-state index in [0.717, 1.165) is 38.3 Å². The van der Waals surface area contributed by atoms with Crippen LogP contribution in [0.2, 0.25) is 0 Å². The molecule has 0 unspecified atom stereocenters. The van der Waals surface area contributed by atoms with Crippen molar-refractivity contribution in [1.82, 2.24) is 10.2 Å². The van der Waals surface area contributed by atoms with Crippen LogP contribution in [0, 0.1) is 6.92 Å². The van der Waals surface area contributed by atoms with E-state index in [0.29, 0.717) is 12.1 Å². The Labute approximate surface area is 168 Å². The SMILES string of the molecule is CCCCOc1ccc(C(=O)NC[C@H](c2ccc(C)cc2)N2CCCC2)cc1. The first-order valence-electron chi connectivity index (χ1n) is 10.5. The van der Waals surface area contributed by atoms with Crippen molar-refractivity contribution in [2.24, 2.45) is 0 Å². The van der Waals surface area contributed by atoms with Gasteiger partial charge in [0.25, 0.3) is 5.91 Å². The van der Waals surface area contributed by atoms with Crippen LogP contribution in [-0.4, -0.2) is 37.0 Å². The van der Waals surface area contributed by atoms with Crippen LogP contribution < -0.4 is 10.1 Å². The van der Waals surface area contributed by atoms with E-state index >= 15 is 0 Å². The van der Waals surface area contributed by atoms with Gasteiger partial charge in [-0.1, -0.05) is 43.2 Å². The third-order valence-corrected chi connectivity index (χ3v) is 5.38. The van der Waals surface area contributed by atoms with Crippen LogP contribution in [0.4, 0.5) is 0 Å². The van der Waals surface area contributed by atoms with Crippen LogP contribution in [0.1, 0.15) is 60.1 Å². The molecule has 2 aromatic rings. The molecule has 0 aromatic heterocycles. The molecule has 1 atom stereocenters. The highest BCUT2D eigenvalue weighted by molar-refractivity contribution is 5.94. The summed E-state index contributed by atoms with van der Waals surface area (Å²) in [6, 6.07) is 16.3. The zero-order chi connectivity index (χ0) is 19.8. The maximum atomic E-state index is 12.7. The Kier molecular flexibility index (Phi) is 7.49. The number of carbonyl (C=O) groups excluding carboxylic acids is 1. The van der Waals surface area contributed by atoms with E-state index in [-0.39, 0.29) is 11.9 Å². The quantitative estimate of drug-likeness (QED) is 0.639. The molecule has 1 saturated heterocycles. The van der Waals surface area contributed by atoms with Gasteiger partial charge in [-0.2, -0.15) is 0 Å². The Morgan fingerprint density at radius 2 is 1.75 bits per heavy atom. The van der Waals surface area contributed by atoms with Gasteiger partial charge in [0.05, 0.1) is 12.6 Å². The molecule has 0 aliphatic carbocycles. The third kappa shape index (κ3) is 5.59. The fourth-order valence-corrected chi connectivity index (χ4v) is 3.63. The van der Waals surface area contributed by atoms with E-state index in [1.54, 1.807) is 0 Å². The number of hydrogen-bond donors (Lipinski definition) is 1. The molecule has 0 spiro atoms. The van der Waals surface area contributed by atoms with E-state index in [9.17, 15) is 4.79 Å². The highest BCUT2D eigenvalue weighted by Crippen LogP contribution is 2.25. The zero-order valence-electron chi connectivity index (χ0n) is 17.1. The smallest absolute Gasteiger partial charge is 0.251 e. The molecule has 150 valence electrons. The second kappa shape index (κ2) is 10.3. The monoisotopic (exact) mass is 380 g/mol. The standard InChI is InChI=1S/C24H32N2O2/c1-3-4-17-28-22-13-11-21(12-14-22)24(27)25-18-23(26-15-5-6-16-26)20-9-7-19(2)8-10-20/h7-14,23H,3-6,15-18H2,1-2H3,(H,25,27)/t23-/m1/s1. The lowest BCUT2D eigenvalue weighted by Crippen LogP contribution is -2.36. The van der Waals surface area contributed by atoms with Crippen molar-refractivity contribution < 1.29 is 9.53 Å². The lowest BCUT2D eigenvalue weighted by molar-refractivity contribution is 0.0938. The molecule has 1 heterocycles. The van der Waals surface area contributed by atoms with Gasteiger partial charge < -0.3 is 10.1 Å². The van der Waals surface area contributed by atoms with Gasteiger partial charge in [-0.05, 0) is 69.1 Å². The fraction of sp³-hybridized carbons (Fsp3) is 0.458. The van der Waals surface area contributed by atoms with Crippen molar-refractivity contribution in [1.29, 1.82) is 0 Å². The lowest BCUT2D eigenvalue weighted by atomic mass is 10.0. The van der Waals surface area contributed by atoms with Crippen LogP contribution in [0.25, 0.3) is 0 Å². The van der Waals surface area contributed by atoms with Gasteiger partial charge in [-0.15, -0.1) is 0 Å². The Bertz CT molecular complexity index is 734. The Hall–Kier alpha value is -2.33. The molecule has 1 N–H and O–H groups in total. The van der Waals surface area contributed by atoms with Crippen LogP contribution >= 0.6 is 0 Å². The number of unbranched alkanes of at least 4 members (excludes halogenated alkanes) is 1. The lowest BCUT2D eigenvalue weighted by Gasteiger charge is -2.28. The molecule has 4 nitrogen and oxygen atoms in total. The molecular weight excluding hydrogens is 348 g/mol. The third-order valence-electron chi connectivity index (χ3n) is 5.38. The summed E-state index contributed by atoms with van der Waals surface area (Å²) in [5, 5.41) is 3.14. The molecular formula is C24H32N2O2. The van der Waals surface area contributed by atoms with E-state index in [1.165, 1.54) is 24.0 Å². The normalized spacial score (nSPS) is 15.4. The number of likely N-dealkylation sites (tertiary alicyclic amines) is 1. The van der Waals surface area contributed by atoms with Gasteiger partial charge in [-0.3, -0.25) is 9.69 Å². The highest BCUT2D eigenvalue weighted by Gasteiger charge is 2.24. The molecule has 0 radical (unpaired) electrons. The minimum absolute atomic E-state index is 0.0311. The van der Waals surface area contributed by atoms with Crippen LogP contribution in [0.5, 0.6) is 5.75 Å². The number of ether oxygens (including phenoxy) is 1. The number of nitrogens with zero attached hydrogens (tertiary/aromatic N) is 1. The summed E-state index contributed by atoms with van der Waals surface area (Å²) in [5.74, 6) is 0.788. The van der Waals surface area contributed by atoms with Gasteiger partial charge in [0.1, 0.15) is 5.75 Å². The number of carbonyl (C=O) groups is 1. The summed E-state index contributed by atoms with van der Waals surface area (Å²) in [6.07, 6.45) is 4.62. The van der Waals surface area contributed by atoms with Crippen molar-refractivity contribution >= 4 is 5.91 Å². The average Bonchev–Trinajstić information content (AvgIpc) is 3.24. The average molecular weight is 381 g/mol. The summed E-state index contributed by atoms with van der Waals surface area (Å²) in [4.78, 5) is 15.1. The van der Waals surface area contributed by atoms with Crippen LogP contribution in [0.3, 0.4) is 0 Å². The van der Waals surface area contributed by atoms with E-state index < -0.39 is 0 Å². The molecule has 28 heavy (non-hydrogen) atoms. The number of benzene rings is 2. The minimum Gasteiger partial charge on any atom is -0.494 e.